The molecule has 0 radical (unpaired) electrons. The summed E-state index contributed by atoms with van der Waals surface area (Å²) in [4.78, 5) is 32.7. The van der Waals surface area contributed by atoms with Gasteiger partial charge in [-0.05, 0) is 57.8 Å². The molecule has 0 spiro atoms. The number of carbonyl (C=O) groups excluding carboxylic acids is 2. The molecule has 3 rings (SSSR count). The van der Waals surface area contributed by atoms with Crippen molar-refractivity contribution in [3.8, 4) is 0 Å². The highest BCUT2D eigenvalue weighted by atomic mass is 16.3. The van der Waals surface area contributed by atoms with Gasteiger partial charge in [0.15, 0.2) is 5.96 Å². The highest BCUT2D eigenvalue weighted by Gasteiger charge is 2.45. The summed E-state index contributed by atoms with van der Waals surface area (Å²) in [7, 11) is 1.74. The number of hydrogen-bond acceptors (Lipinski definition) is 5. The monoisotopic (exact) mass is 432 g/mol. The van der Waals surface area contributed by atoms with Gasteiger partial charge in [0, 0.05) is 26.7 Å². The Morgan fingerprint density at radius 2 is 2.06 bits per heavy atom. The predicted octanol–water partition coefficient (Wildman–Crippen LogP) is 2.08. The quantitative estimate of drug-likeness (QED) is 0.239. The molecule has 2 aliphatic rings. The molecule has 31 heavy (non-hydrogen) atoms. The van der Waals surface area contributed by atoms with Crippen LogP contribution in [0.1, 0.15) is 57.8 Å². The van der Waals surface area contributed by atoms with E-state index in [1.165, 1.54) is 24.2 Å². The molecule has 2 unspecified atom stereocenters. The van der Waals surface area contributed by atoms with Crippen LogP contribution in [0.2, 0.25) is 0 Å². The lowest BCUT2D eigenvalue weighted by Gasteiger charge is -2.33. The number of guanidine groups is 1. The first kappa shape index (κ1) is 23.1. The number of carbonyl (C=O) groups is 2. The second kappa shape index (κ2) is 10.7. The van der Waals surface area contributed by atoms with Crippen molar-refractivity contribution in [1.82, 2.24) is 25.8 Å². The number of urea groups is 1. The normalized spacial score (nSPS) is 23.7. The summed E-state index contributed by atoms with van der Waals surface area (Å²) in [5.74, 6) is 1.51. The number of amides is 3. The van der Waals surface area contributed by atoms with E-state index < -0.39 is 5.54 Å². The van der Waals surface area contributed by atoms with Crippen LogP contribution in [0, 0.1) is 0 Å². The van der Waals surface area contributed by atoms with Gasteiger partial charge >= 0.3 is 6.03 Å². The molecule has 9 heteroatoms. The molecule has 0 aliphatic carbocycles. The van der Waals surface area contributed by atoms with Crippen LogP contribution in [-0.4, -0.2) is 73.0 Å². The zero-order chi connectivity index (χ0) is 22.3. The van der Waals surface area contributed by atoms with Gasteiger partial charge in [0.05, 0.1) is 12.3 Å². The van der Waals surface area contributed by atoms with Crippen LogP contribution in [-0.2, 0) is 4.79 Å². The lowest BCUT2D eigenvalue weighted by atomic mass is 9.99. The molecule has 172 valence electrons. The standard InChI is InChI=1S/C22H36N6O3/c1-4-22(2)19(29)28(21(30)26-22)14-9-11-24-20(23-3)25-16-17(18-10-8-15-31-18)27-12-6-5-7-13-27/h8,10,15,17H,4-7,9,11-14,16H2,1-3H3,(H,26,30)(H2,23,24,25). The Bertz CT molecular complexity index is 759. The summed E-state index contributed by atoms with van der Waals surface area (Å²) in [5, 5.41) is 9.47. The smallest absolute Gasteiger partial charge is 0.325 e. The van der Waals surface area contributed by atoms with Gasteiger partial charge in [-0.3, -0.25) is 19.6 Å². The Morgan fingerprint density at radius 3 is 2.68 bits per heavy atom. The minimum absolute atomic E-state index is 0.148. The summed E-state index contributed by atoms with van der Waals surface area (Å²) >= 11 is 0. The van der Waals surface area contributed by atoms with E-state index in [9.17, 15) is 9.59 Å². The molecule has 9 nitrogen and oxygen atoms in total. The third-order valence-corrected chi connectivity index (χ3v) is 6.29. The van der Waals surface area contributed by atoms with E-state index in [4.69, 9.17) is 4.42 Å². The number of likely N-dealkylation sites (tertiary alicyclic amines) is 1. The first-order valence-corrected chi connectivity index (χ1v) is 11.3. The molecule has 1 aromatic rings. The highest BCUT2D eigenvalue weighted by Crippen LogP contribution is 2.24. The average Bonchev–Trinajstić information content (AvgIpc) is 3.39. The van der Waals surface area contributed by atoms with Crippen molar-refractivity contribution in [3.63, 3.8) is 0 Å². The maximum atomic E-state index is 12.5. The second-order valence-electron chi connectivity index (χ2n) is 8.43. The van der Waals surface area contributed by atoms with E-state index in [1.54, 1.807) is 20.2 Å². The fourth-order valence-corrected chi connectivity index (χ4v) is 4.17. The van der Waals surface area contributed by atoms with Crippen LogP contribution in [0.5, 0.6) is 0 Å². The summed E-state index contributed by atoms with van der Waals surface area (Å²) in [6, 6.07) is 3.81. The number of aliphatic imine (C=N–C) groups is 1. The zero-order valence-corrected chi connectivity index (χ0v) is 18.9. The van der Waals surface area contributed by atoms with Crippen LogP contribution in [0.25, 0.3) is 0 Å². The fourth-order valence-electron chi connectivity index (χ4n) is 4.17. The summed E-state index contributed by atoms with van der Waals surface area (Å²) in [6.45, 7) is 7.49. The molecule has 0 bridgehead atoms. The third kappa shape index (κ3) is 5.58. The Kier molecular flexibility index (Phi) is 7.95. The number of piperidine rings is 1. The van der Waals surface area contributed by atoms with Crippen molar-refractivity contribution in [1.29, 1.82) is 0 Å². The molecule has 3 N–H and O–H groups in total. The Morgan fingerprint density at radius 1 is 1.29 bits per heavy atom. The van der Waals surface area contributed by atoms with Gasteiger partial charge in [-0.1, -0.05) is 13.3 Å². The molecule has 2 aliphatic heterocycles. The Balaban J connectivity index is 1.46. The maximum absolute atomic E-state index is 12.5. The number of nitrogens with zero attached hydrogens (tertiary/aromatic N) is 3. The number of hydrogen-bond donors (Lipinski definition) is 3. The predicted molar refractivity (Wildman–Crippen MR) is 120 cm³/mol. The van der Waals surface area contributed by atoms with E-state index in [2.05, 4.69) is 25.8 Å². The Labute approximate surface area is 184 Å². The van der Waals surface area contributed by atoms with Gasteiger partial charge in [-0.15, -0.1) is 0 Å². The SMILES string of the molecule is CCC1(C)NC(=O)N(CCCNC(=NC)NCC(c2ccco2)N2CCCCC2)C1=O. The zero-order valence-electron chi connectivity index (χ0n) is 18.9. The van der Waals surface area contributed by atoms with Gasteiger partial charge in [-0.25, -0.2) is 4.79 Å². The van der Waals surface area contributed by atoms with Gasteiger partial charge < -0.3 is 20.4 Å². The number of rotatable bonds is 9. The van der Waals surface area contributed by atoms with Crippen LogP contribution in [0.4, 0.5) is 4.79 Å². The lowest BCUT2D eigenvalue weighted by Crippen LogP contribution is -2.45. The molecular weight excluding hydrogens is 396 g/mol. The van der Waals surface area contributed by atoms with Gasteiger partial charge in [0.2, 0.25) is 0 Å². The molecule has 1 aromatic heterocycles. The van der Waals surface area contributed by atoms with Crippen molar-refractivity contribution in [2.24, 2.45) is 4.99 Å². The van der Waals surface area contributed by atoms with Crippen molar-refractivity contribution in [2.45, 2.75) is 57.5 Å². The molecule has 0 aromatic carbocycles. The van der Waals surface area contributed by atoms with E-state index in [-0.39, 0.29) is 18.0 Å². The second-order valence-corrected chi connectivity index (χ2v) is 8.43. The van der Waals surface area contributed by atoms with Gasteiger partial charge in [0.1, 0.15) is 11.3 Å². The van der Waals surface area contributed by atoms with Crippen LogP contribution in [0.15, 0.2) is 27.8 Å². The van der Waals surface area contributed by atoms with Crippen LogP contribution in [0.3, 0.4) is 0 Å². The van der Waals surface area contributed by atoms with Gasteiger partial charge in [0.25, 0.3) is 5.91 Å². The molecule has 3 amide bonds. The number of imide groups is 1. The van der Waals surface area contributed by atoms with Gasteiger partial charge in [-0.2, -0.15) is 0 Å². The minimum atomic E-state index is -0.780. The number of furan rings is 1. The highest BCUT2D eigenvalue weighted by molar-refractivity contribution is 6.06. The third-order valence-electron chi connectivity index (χ3n) is 6.29. The first-order valence-electron chi connectivity index (χ1n) is 11.3. The van der Waals surface area contributed by atoms with Crippen LogP contribution < -0.4 is 16.0 Å². The van der Waals surface area contributed by atoms with E-state index in [0.29, 0.717) is 38.4 Å². The van der Waals surface area contributed by atoms with Crippen molar-refractivity contribution < 1.29 is 14.0 Å². The molecule has 2 atom stereocenters. The first-order chi connectivity index (χ1) is 15.0. The van der Waals surface area contributed by atoms with E-state index >= 15 is 0 Å². The molecular formula is C22H36N6O3. The lowest BCUT2D eigenvalue weighted by molar-refractivity contribution is -0.130. The maximum Gasteiger partial charge on any atom is 0.325 e. The largest absolute Gasteiger partial charge is 0.468 e. The van der Waals surface area contributed by atoms with Crippen molar-refractivity contribution in [3.05, 3.63) is 24.2 Å². The van der Waals surface area contributed by atoms with Crippen molar-refractivity contribution >= 4 is 17.9 Å². The summed E-state index contributed by atoms with van der Waals surface area (Å²) in [6.07, 6.45) is 6.66. The fraction of sp³-hybridized carbons (Fsp3) is 0.682. The minimum Gasteiger partial charge on any atom is -0.468 e. The Hall–Kier alpha value is -2.55. The molecule has 2 saturated heterocycles. The van der Waals surface area contributed by atoms with Crippen LogP contribution >= 0.6 is 0 Å². The molecule has 0 saturated carbocycles. The average molecular weight is 433 g/mol. The number of nitrogens with one attached hydrogen (secondary N) is 3. The van der Waals surface area contributed by atoms with Crippen molar-refractivity contribution in [2.75, 3.05) is 39.8 Å². The topological polar surface area (TPSA) is 102 Å². The molecule has 2 fully saturated rings. The summed E-state index contributed by atoms with van der Waals surface area (Å²) < 4.78 is 5.70. The molecule has 3 heterocycles. The van der Waals surface area contributed by atoms with E-state index in [0.717, 1.165) is 18.8 Å². The van der Waals surface area contributed by atoms with E-state index in [1.807, 2.05) is 19.1 Å². The summed E-state index contributed by atoms with van der Waals surface area (Å²) in [5.41, 5.74) is -0.780.